The van der Waals surface area contributed by atoms with Crippen LogP contribution in [0.5, 0.6) is 0 Å². The van der Waals surface area contributed by atoms with Crippen LogP contribution in [0.1, 0.15) is 28.8 Å². The van der Waals surface area contributed by atoms with Crippen molar-refractivity contribution in [3.05, 3.63) is 65.5 Å². The van der Waals surface area contributed by atoms with Gasteiger partial charge in [-0.15, -0.1) is 0 Å². The molecule has 0 bridgehead atoms. The van der Waals surface area contributed by atoms with Gasteiger partial charge in [-0.2, -0.15) is 0 Å². The summed E-state index contributed by atoms with van der Waals surface area (Å²) < 4.78 is 17.7. The van der Waals surface area contributed by atoms with Crippen molar-refractivity contribution < 1.29 is 18.7 Å². The molecule has 0 aromatic heterocycles. The van der Waals surface area contributed by atoms with E-state index in [1.165, 1.54) is 24.8 Å². The number of carbonyl (C=O) groups is 2. The third kappa shape index (κ3) is 5.39. The monoisotopic (exact) mass is 384 g/mol. The summed E-state index contributed by atoms with van der Waals surface area (Å²) in [5.74, 6) is -0.649. The van der Waals surface area contributed by atoms with Crippen LogP contribution >= 0.6 is 0 Å². The number of ether oxygens (including phenoxy) is 1. The van der Waals surface area contributed by atoms with E-state index in [4.69, 9.17) is 4.74 Å². The van der Waals surface area contributed by atoms with Crippen molar-refractivity contribution in [1.82, 2.24) is 4.90 Å². The fourth-order valence-corrected chi connectivity index (χ4v) is 3.41. The minimum absolute atomic E-state index is 0.00431. The zero-order valence-electron chi connectivity index (χ0n) is 16.0. The fourth-order valence-electron chi connectivity index (χ4n) is 3.41. The largest absolute Gasteiger partial charge is 0.465 e. The third-order valence-corrected chi connectivity index (χ3v) is 5.16. The number of nitrogens with one attached hydrogen (secondary N) is 1. The Morgan fingerprint density at radius 2 is 1.71 bits per heavy atom. The maximum absolute atomic E-state index is 12.9. The number of likely N-dealkylation sites (tertiary alicyclic amines) is 1. The van der Waals surface area contributed by atoms with Crippen LogP contribution in [-0.2, 0) is 16.0 Å². The van der Waals surface area contributed by atoms with Crippen molar-refractivity contribution in [3.63, 3.8) is 0 Å². The minimum Gasteiger partial charge on any atom is -0.465 e. The van der Waals surface area contributed by atoms with E-state index in [1.54, 1.807) is 24.3 Å². The second-order valence-corrected chi connectivity index (χ2v) is 7.05. The van der Waals surface area contributed by atoms with Crippen LogP contribution < -0.4 is 5.32 Å². The molecular weight excluding hydrogens is 359 g/mol. The highest BCUT2D eigenvalue weighted by Crippen LogP contribution is 2.20. The Bertz CT molecular complexity index is 798. The van der Waals surface area contributed by atoms with Crippen LogP contribution in [0.2, 0.25) is 0 Å². The van der Waals surface area contributed by atoms with Crippen LogP contribution in [0.15, 0.2) is 48.5 Å². The molecule has 1 saturated heterocycles. The first kappa shape index (κ1) is 20.0. The van der Waals surface area contributed by atoms with E-state index >= 15 is 0 Å². The summed E-state index contributed by atoms with van der Waals surface area (Å²) in [6.45, 7) is 2.67. The zero-order valence-corrected chi connectivity index (χ0v) is 16.0. The molecule has 6 heteroatoms. The number of esters is 1. The number of nitrogens with zero attached hydrogens (tertiary/aromatic N) is 1. The Labute approximate surface area is 164 Å². The number of amides is 1. The number of halogens is 1. The SMILES string of the molecule is COC(=O)c1ccc(CCN2CCC(C(=O)Nc3ccc(F)cc3)CC2)cc1. The number of rotatable bonds is 6. The lowest BCUT2D eigenvalue weighted by Gasteiger charge is -2.31. The van der Waals surface area contributed by atoms with E-state index in [0.717, 1.165) is 38.9 Å². The molecule has 3 rings (SSSR count). The number of anilines is 1. The molecule has 2 aromatic rings. The molecule has 1 fully saturated rings. The lowest BCUT2D eigenvalue weighted by Crippen LogP contribution is -2.39. The van der Waals surface area contributed by atoms with E-state index in [1.807, 2.05) is 12.1 Å². The quantitative estimate of drug-likeness (QED) is 0.775. The molecule has 0 unspecified atom stereocenters. The molecule has 0 aliphatic carbocycles. The van der Waals surface area contributed by atoms with Crippen molar-refractivity contribution in [2.24, 2.45) is 5.92 Å². The molecule has 1 heterocycles. The standard InChI is InChI=1S/C22H25FN2O3/c1-28-22(27)18-4-2-16(3-5-18)10-13-25-14-11-17(12-15-25)21(26)24-20-8-6-19(23)7-9-20/h2-9,17H,10-15H2,1H3,(H,24,26). The van der Waals surface area contributed by atoms with Gasteiger partial charge in [0.15, 0.2) is 0 Å². The Morgan fingerprint density at radius 3 is 2.32 bits per heavy atom. The first-order valence-corrected chi connectivity index (χ1v) is 9.51. The van der Waals surface area contributed by atoms with Crippen molar-refractivity contribution in [2.75, 3.05) is 32.1 Å². The lowest BCUT2D eigenvalue weighted by molar-refractivity contribution is -0.121. The van der Waals surface area contributed by atoms with Gasteiger partial charge in [-0.05, 0) is 74.3 Å². The molecule has 0 radical (unpaired) electrons. The molecule has 0 atom stereocenters. The summed E-state index contributed by atoms with van der Waals surface area (Å²) in [5.41, 5.74) is 2.35. The van der Waals surface area contributed by atoms with Crippen LogP contribution in [0, 0.1) is 11.7 Å². The number of hydrogen-bond acceptors (Lipinski definition) is 4. The highest BCUT2D eigenvalue weighted by Gasteiger charge is 2.24. The number of carbonyl (C=O) groups excluding carboxylic acids is 2. The van der Waals surface area contributed by atoms with E-state index in [2.05, 4.69) is 10.2 Å². The van der Waals surface area contributed by atoms with Gasteiger partial charge in [-0.25, -0.2) is 9.18 Å². The maximum Gasteiger partial charge on any atom is 0.337 e. The van der Waals surface area contributed by atoms with Gasteiger partial charge in [0.2, 0.25) is 5.91 Å². The minimum atomic E-state index is -0.326. The van der Waals surface area contributed by atoms with E-state index in [0.29, 0.717) is 11.3 Å². The Hall–Kier alpha value is -2.73. The highest BCUT2D eigenvalue weighted by atomic mass is 19.1. The number of benzene rings is 2. The summed E-state index contributed by atoms with van der Waals surface area (Å²) >= 11 is 0. The molecule has 28 heavy (non-hydrogen) atoms. The van der Waals surface area contributed by atoms with E-state index in [9.17, 15) is 14.0 Å². The van der Waals surface area contributed by atoms with Crippen molar-refractivity contribution >= 4 is 17.6 Å². The van der Waals surface area contributed by atoms with Gasteiger partial charge >= 0.3 is 5.97 Å². The van der Waals surface area contributed by atoms with Crippen molar-refractivity contribution in [2.45, 2.75) is 19.3 Å². The number of methoxy groups -OCH3 is 1. The summed E-state index contributed by atoms with van der Waals surface area (Å²) in [5, 5.41) is 2.87. The summed E-state index contributed by atoms with van der Waals surface area (Å²) in [6.07, 6.45) is 2.52. The highest BCUT2D eigenvalue weighted by molar-refractivity contribution is 5.92. The second-order valence-electron chi connectivity index (χ2n) is 7.05. The van der Waals surface area contributed by atoms with Crippen molar-refractivity contribution in [1.29, 1.82) is 0 Å². The Morgan fingerprint density at radius 1 is 1.07 bits per heavy atom. The molecule has 1 aliphatic heterocycles. The van der Waals surface area contributed by atoms with E-state index < -0.39 is 0 Å². The van der Waals surface area contributed by atoms with Crippen LogP contribution in [0.3, 0.4) is 0 Å². The Balaban J connectivity index is 1.42. The zero-order chi connectivity index (χ0) is 19.9. The van der Waals surface area contributed by atoms with Gasteiger partial charge < -0.3 is 15.0 Å². The van der Waals surface area contributed by atoms with Gasteiger partial charge in [0.05, 0.1) is 12.7 Å². The van der Waals surface area contributed by atoms with Crippen LogP contribution in [-0.4, -0.2) is 43.5 Å². The predicted molar refractivity (Wildman–Crippen MR) is 106 cm³/mol. The molecule has 1 amide bonds. The normalized spacial score (nSPS) is 15.2. The van der Waals surface area contributed by atoms with Gasteiger partial charge in [-0.3, -0.25) is 4.79 Å². The summed E-state index contributed by atoms with van der Waals surface area (Å²) in [6, 6.07) is 13.3. The Kier molecular flexibility index (Phi) is 6.76. The van der Waals surface area contributed by atoms with Crippen LogP contribution in [0.4, 0.5) is 10.1 Å². The van der Waals surface area contributed by atoms with E-state index in [-0.39, 0.29) is 23.6 Å². The number of hydrogen-bond donors (Lipinski definition) is 1. The average Bonchev–Trinajstić information content (AvgIpc) is 2.74. The second kappa shape index (κ2) is 9.46. The third-order valence-electron chi connectivity index (χ3n) is 5.16. The molecule has 1 aliphatic rings. The average molecular weight is 384 g/mol. The first-order valence-electron chi connectivity index (χ1n) is 9.51. The molecule has 2 aromatic carbocycles. The van der Waals surface area contributed by atoms with Crippen molar-refractivity contribution in [3.8, 4) is 0 Å². The summed E-state index contributed by atoms with van der Waals surface area (Å²) in [4.78, 5) is 26.2. The van der Waals surface area contributed by atoms with Gasteiger partial charge in [0.25, 0.3) is 0 Å². The predicted octanol–water partition coefficient (Wildman–Crippen LogP) is 3.51. The molecular formula is C22H25FN2O3. The molecule has 1 N–H and O–H groups in total. The van der Waals surface area contributed by atoms with Crippen LogP contribution in [0.25, 0.3) is 0 Å². The summed E-state index contributed by atoms with van der Waals surface area (Å²) in [7, 11) is 1.37. The molecule has 0 saturated carbocycles. The van der Waals surface area contributed by atoms with Gasteiger partial charge in [-0.1, -0.05) is 12.1 Å². The van der Waals surface area contributed by atoms with Gasteiger partial charge in [0.1, 0.15) is 5.82 Å². The maximum atomic E-state index is 12.9. The smallest absolute Gasteiger partial charge is 0.337 e. The topological polar surface area (TPSA) is 58.6 Å². The van der Waals surface area contributed by atoms with Gasteiger partial charge in [0, 0.05) is 18.2 Å². The molecule has 5 nitrogen and oxygen atoms in total. The molecule has 148 valence electrons. The fraction of sp³-hybridized carbons (Fsp3) is 0.364. The molecule has 0 spiro atoms. The lowest BCUT2D eigenvalue weighted by atomic mass is 9.95. The first-order chi connectivity index (χ1) is 13.5. The number of piperidine rings is 1.